The number of amides is 1. The number of hydrogen-bond acceptors (Lipinski definition) is 9. The Morgan fingerprint density at radius 2 is 1.98 bits per heavy atom. The fraction of sp³-hybridized carbons (Fsp3) is 0.267. The number of rotatable bonds is 10. The minimum absolute atomic E-state index is 0.287. The van der Waals surface area contributed by atoms with Gasteiger partial charge in [-0.15, -0.1) is 0 Å². The minimum atomic E-state index is -0.315. The molecule has 4 aromatic rings. The van der Waals surface area contributed by atoms with Crippen LogP contribution in [-0.2, 0) is 11.8 Å². The molecule has 42 heavy (non-hydrogen) atoms. The minimum Gasteiger partial charge on any atom is -0.494 e. The zero-order valence-electron chi connectivity index (χ0n) is 24.1. The Balaban J connectivity index is 1.46. The Morgan fingerprint density at radius 1 is 1.17 bits per heavy atom. The number of ether oxygens (including phenoxy) is 1. The third-order valence-electron chi connectivity index (χ3n) is 7.22. The highest BCUT2D eigenvalue weighted by molar-refractivity contribution is 6.33. The first-order valence-corrected chi connectivity index (χ1v) is 13.9. The molecule has 11 nitrogen and oxygen atoms in total. The summed E-state index contributed by atoms with van der Waals surface area (Å²) in [6, 6.07) is 13.7. The number of carbonyl (C=O) groups excluding carboxylic acids is 1. The van der Waals surface area contributed by atoms with Crippen LogP contribution in [0.2, 0.25) is 5.02 Å². The van der Waals surface area contributed by atoms with Crippen molar-refractivity contribution in [2.75, 3.05) is 55.1 Å². The zero-order valence-corrected chi connectivity index (χ0v) is 24.8. The quantitative estimate of drug-likeness (QED) is 0.213. The van der Waals surface area contributed by atoms with Crippen molar-refractivity contribution in [3.05, 3.63) is 72.5 Å². The Bertz CT molecular complexity index is 1610. The fourth-order valence-corrected chi connectivity index (χ4v) is 5.11. The molecule has 2 aromatic carbocycles. The smallest absolute Gasteiger partial charge is 0.247 e. The molecule has 0 bridgehead atoms. The van der Waals surface area contributed by atoms with E-state index in [1.54, 1.807) is 11.8 Å². The van der Waals surface area contributed by atoms with Crippen LogP contribution in [0.1, 0.15) is 6.42 Å². The molecule has 1 aliphatic heterocycles. The van der Waals surface area contributed by atoms with Crippen LogP contribution in [0.4, 0.5) is 34.5 Å². The van der Waals surface area contributed by atoms with E-state index in [0.29, 0.717) is 34.0 Å². The SMILES string of the molecule is C=CC(=O)Nc1cc(Nc2ncc(Cl)c(Nc3ccccc3-c3ccn(C)n3)n2)c(OC)cc1N(C)[C@@H]1CCN(C)C1. The third kappa shape index (κ3) is 6.32. The molecule has 2 aromatic heterocycles. The molecule has 1 aliphatic rings. The van der Waals surface area contributed by atoms with Gasteiger partial charge in [-0.2, -0.15) is 10.1 Å². The molecule has 0 saturated carbocycles. The zero-order chi connectivity index (χ0) is 29.8. The second kappa shape index (κ2) is 12.5. The number of benzene rings is 2. The van der Waals surface area contributed by atoms with Gasteiger partial charge < -0.3 is 30.5 Å². The molecular formula is C30H34ClN9O2. The lowest BCUT2D eigenvalue weighted by Gasteiger charge is -2.29. The summed E-state index contributed by atoms with van der Waals surface area (Å²) < 4.78 is 7.51. The van der Waals surface area contributed by atoms with Crippen molar-refractivity contribution in [3.63, 3.8) is 0 Å². The lowest BCUT2D eigenvalue weighted by atomic mass is 10.1. The van der Waals surface area contributed by atoms with E-state index >= 15 is 0 Å². The Hall–Kier alpha value is -4.61. The molecule has 5 rings (SSSR count). The molecule has 3 N–H and O–H groups in total. The number of aromatic nitrogens is 4. The van der Waals surface area contributed by atoms with E-state index in [2.05, 4.69) is 54.4 Å². The molecular weight excluding hydrogens is 554 g/mol. The number of nitrogens with zero attached hydrogens (tertiary/aromatic N) is 6. The maximum Gasteiger partial charge on any atom is 0.247 e. The summed E-state index contributed by atoms with van der Waals surface area (Å²) >= 11 is 6.51. The second-order valence-electron chi connectivity index (χ2n) is 10.1. The summed E-state index contributed by atoms with van der Waals surface area (Å²) in [5.74, 6) is 0.951. The number of likely N-dealkylation sites (N-methyl/N-ethyl adjacent to an activating group) is 2. The molecule has 3 heterocycles. The maximum atomic E-state index is 12.4. The van der Waals surface area contributed by atoms with E-state index in [-0.39, 0.29) is 11.9 Å². The largest absolute Gasteiger partial charge is 0.494 e. The number of carbonyl (C=O) groups is 1. The van der Waals surface area contributed by atoms with E-state index < -0.39 is 0 Å². The van der Waals surface area contributed by atoms with Crippen molar-refractivity contribution >= 4 is 52.0 Å². The molecule has 12 heteroatoms. The number of halogens is 1. The first-order chi connectivity index (χ1) is 20.2. The summed E-state index contributed by atoms with van der Waals surface area (Å²) in [7, 11) is 7.60. The van der Waals surface area contributed by atoms with E-state index in [0.717, 1.165) is 42.1 Å². The molecule has 1 atom stereocenters. The molecule has 0 radical (unpaired) electrons. The summed E-state index contributed by atoms with van der Waals surface area (Å²) in [5.41, 5.74) is 4.52. The van der Waals surface area contributed by atoms with Gasteiger partial charge in [-0.1, -0.05) is 36.4 Å². The van der Waals surface area contributed by atoms with Crippen molar-refractivity contribution in [2.45, 2.75) is 12.5 Å². The predicted octanol–water partition coefficient (Wildman–Crippen LogP) is 5.29. The molecule has 1 fully saturated rings. The Morgan fingerprint density at radius 3 is 2.67 bits per heavy atom. The number of anilines is 6. The molecule has 218 valence electrons. The van der Waals surface area contributed by atoms with E-state index in [9.17, 15) is 4.79 Å². The summed E-state index contributed by atoms with van der Waals surface area (Å²) in [6.07, 6.45) is 5.67. The van der Waals surface area contributed by atoms with Crippen LogP contribution < -0.4 is 25.6 Å². The van der Waals surface area contributed by atoms with Crippen LogP contribution in [0.3, 0.4) is 0 Å². The molecule has 0 aliphatic carbocycles. The topological polar surface area (TPSA) is 112 Å². The van der Waals surface area contributed by atoms with Gasteiger partial charge in [0, 0.05) is 50.2 Å². The van der Waals surface area contributed by atoms with Gasteiger partial charge in [-0.05, 0) is 44.3 Å². The summed E-state index contributed by atoms with van der Waals surface area (Å²) in [6.45, 7) is 5.54. The average Bonchev–Trinajstić information content (AvgIpc) is 3.62. The second-order valence-corrected chi connectivity index (χ2v) is 10.5. The van der Waals surface area contributed by atoms with Crippen LogP contribution in [-0.4, -0.2) is 70.9 Å². The highest BCUT2D eigenvalue weighted by Crippen LogP contribution is 2.40. The van der Waals surface area contributed by atoms with Gasteiger partial charge in [0.15, 0.2) is 5.82 Å². The van der Waals surface area contributed by atoms with E-state index in [1.807, 2.05) is 62.8 Å². The maximum absolute atomic E-state index is 12.4. The van der Waals surface area contributed by atoms with Crippen LogP contribution in [0.15, 0.2) is 67.5 Å². The molecule has 1 amide bonds. The number of aryl methyl sites for hydroxylation is 1. The van der Waals surface area contributed by atoms with Crippen molar-refractivity contribution in [1.29, 1.82) is 0 Å². The van der Waals surface area contributed by atoms with Crippen LogP contribution in [0, 0.1) is 0 Å². The predicted molar refractivity (Wildman–Crippen MR) is 168 cm³/mol. The molecule has 0 unspecified atom stereocenters. The van der Waals surface area contributed by atoms with Gasteiger partial charge in [0.25, 0.3) is 0 Å². The van der Waals surface area contributed by atoms with Crippen LogP contribution in [0.25, 0.3) is 11.3 Å². The highest BCUT2D eigenvalue weighted by atomic mass is 35.5. The number of nitrogens with one attached hydrogen (secondary N) is 3. The first kappa shape index (κ1) is 28.9. The lowest BCUT2D eigenvalue weighted by molar-refractivity contribution is -0.111. The third-order valence-corrected chi connectivity index (χ3v) is 7.49. The Labute approximate surface area is 250 Å². The Kier molecular flexibility index (Phi) is 8.60. The fourth-order valence-electron chi connectivity index (χ4n) is 4.97. The van der Waals surface area contributed by atoms with Crippen molar-refractivity contribution < 1.29 is 9.53 Å². The normalized spacial score (nSPS) is 14.8. The monoisotopic (exact) mass is 587 g/mol. The summed E-state index contributed by atoms with van der Waals surface area (Å²) in [5, 5.41) is 14.4. The van der Waals surface area contributed by atoms with E-state index in [1.165, 1.54) is 12.3 Å². The highest BCUT2D eigenvalue weighted by Gasteiger charge is 2.26. The van der Waals surface area contributed by atoms with Gasteiger partial charge in [0.05, 0.1) is 36.1 Å². The van der Waals surface area contributed by atoms with Gasteiger partial charge in [-0.25, -0.2) is 4.98 Å². The average molecular weight is 588 g/mol. The first-order valence-electron chi connectivity index (χ1n) is 13.5. The van der Waals surface area contributed by atoms with Gasteiger partial charge in [-0.3, -0.25) is 9.48 Å². The number of hydrogen-bond donors (Lipinski definition) is 3. The summed E-state index contributed by atoms with van der Waals surface area (Å²) in [4.78, 5) is 25.9. The van der Waals surface area contributed by atoms with Gasteiger partial charge in [0.2, 0.25) is 11.9 Å². The van der Waals surface area contributed by atoms with Crippen molar-refractivity contribution in [3.8, 4) is 17.0 Å². The number of likely N-dealkylation sites (tertiary alicyclic amines) is 1. The molecule has 0 spiro atoms. The number of para-hydroxylation sites is 1. The van der Waals surface area contributed by atoms with E-state index in [4.69, 9.17) is 16.3 Å². The number of methoxy groups -OCH3 is 1. The van der Waals surface area contributed by atoms with Crippen LogP contribution in [0.5, 0.6) is 5.75 Å². The standard InChI is InChI=1S/C30H34ClN9O2/c1-6-28(41)33-24-15-25(27(42-5)16-26(24)40(4)19-11-13-38(2)18-19)35-30-32-17-21(31)29(36-30)34-22-10-8-7-9-20(22)23-12-14-39(3)37-23/h6-10,12,14-17,19H,1,11,13,18H2,2-5H3,(H,33,41)(H2,32,34,35,36)/t19-/m1/s1. The van der Waals surface area contributed by atoms with Crippen molar-refractivity contribution in [2.24, 2.45) is 7.05 Å². The van der Waals surface area contributed by atoms with Gasteiger partial charge >= 0.3 is 0 Å². The van der Waals surface area contributed by atoms with Crippen LogP contribution >= 0.6 is 11.6 Å². The molecule has 1 saturated heterocycles. The lowest BCUT2D eigenvalue weighted by Crippen LogP contribution is -2.34. The van der Waals surface area contributed by atoms with Gasteiger partial charge in [0.1, 0.15) is 10.8 Å². The van der Waals surface area contributed by atoms with Crippen molar-refractivity contribution in [1.82, 2.24) is 24.6 Å².